The molecule has 0 radical (unpaired) electrons. The number of hydrogen-bond donors (Lipinski definition) is 2. The molecule has 1 amide bonds. The minimum absolute atomic E-state index is 0.000348. The highest BCUT2D eigenvalue weighted by molar-refractivity contribution is 5.79. The van der Waals surface area contributed by atoms with Gasteiger partial charge in [-0.05, 0) is 63.8 Å². The van der Waals surface area contributed by atoms with E-state index in [1.165, 1.54) is 0 Å². The molecule has 1 unspecified atom stereocenters. The molecule has 2 rings (SSSR count). The Balaban J connectivity index is 1.93. The summed E-state index contributed by atoms with van der Waals surface area (Å²) in [7, 11) is 0. The van der Waals surface area contributed by atoms with Crippen molar-refractivity contribution >= 4 is 5.91 Å². The van der Waals surface area contributed by atoms with Crippen molar-refractivity contribution in [1.29, 1.82) is 0 Å². The number of carbonyl (C=O) groups is 1. The first-order valence-corrected chi connectivity index (χ1v) is 8.28. The van der Waals surface area contributed by atoms with Gasteiger partial charge in [-0.15, -0.1) is 0 Å². The van der Waals surface area contributed by atoms with Crippen LogP contribution in [0.25, 0.3) is 0 Å². The molecule has 1 aliphatic carbocycles. The average molecular weight is 304 g/mol. The van der Waals surface area contributed by atoms with Gasteiger partial charge in [0.1, 0.15) is 5.75 Å². The summed E-state index contributed by atoms with van der Waals surface area (Å²) in [5.74, 6) is 1.42. The Labute approximate surface area is 133 Å². The van der Waals surface area contributed by atoms with E-state index >= 15 is 0 Å². The van der Waals surface area contributed by atoms with Crippen molar-refractivity contribution in [2.24, 2.45) is 17.6 Å². The molecule has 1 saturated carbocycles. The summed E-state index contributed by atoms with van der Waals surface area (Å²) in [5.41, 5.74) is 6.86. The minimum Gasteiger partial charge on any atom is -0.491 e. The fourth-order valence-electron chi connectivity index (χ4n) is 3.18. The molecule has 22 heavy (non-hydrogen) atoms. The zero-order chi connectivity index (χ0) is 16.1. The third kappa shape index (κ3) is 4.23. The van der Waals surface area contributed by atoms with Crippen molar-refractivity contribution < 1.29 is 9.53 Å². The van der Waals surface area contributed by atoms with Crippen molar-refractivity contribution in [3.63, 3.8) is 0 Å². The van der Waals surface area contributed by atoms with Crippen LogP contribution in [0.2, 0.25) is 0 Å². The topological polar surface area (TPSA) is 64.3 Å². The van der Waals surface area contributed by atoms with E-state index in [1.54, 1.807) is 0 Å². The number of carbonyl (C=O) groups excluding carboxylic acids is 1. The molecule has 4 nitrogen and oxygen atoms in total. The zero-order valence-electron chi connectivity index (χ0n) is 13.8. The highest BCUT2D eigenvalue weighted by Crippen LogP contribution is 2.31. The summed E-state index contributed by atoms with van der Waals surface area (Å²) >= 11 is 0. The third-order valence-corrected chi connectivity index (χ3v) is 4.41. The van der Waals surface area contributed by atoms with Gasteiger partial charge in [-0.3, -0.25) is 4.79 Å². The lowest BCUT2D eigenvalue weighted by Gasteiger charge is -2.21. The summed E-state index contributed by atoms with van der Waals surface area (Å²) in [4.78, 5) is 12.4. The molecule has 0 aromatic heterocycles. The van der Waals surface area contributed by atoms with Crippen molar-refractivity contribution in [3.8, 4) is 5.75 Å². The highest BCUT2D eigenvalue weighted by Gasteiger charge is 2.32. The molecule has 3 N–H and O–H groups in total. The molecule has 122 valence electrons. The fourth-order valence-corrected chi connectivity index (χ4v) is 3.18. The summed E-state index contributed by atoms with van der Waals surface area (Å²) in [6, 6.07) is 7.93. The fraction of sp³-hybridized carbons (Fsp3) is 0.611. The smallest absolute Gasteiger partial charge is 0.223 e. The monoisotopic (exact) mass is 304 g/mol. The minimum atomic E-state index is -0.000348. The van der Waals surface area contributed by atoms with Crippen LogP contribution in [0.15, 0.2) is 24.3 Å². The predicted molar refractivity (Wildman–Crippen MR) is 88.6 cm³/mol. The normalized spacial score (nSPS) is 22.6. The largest absolute Gasteiger partial charge is 0.491 e. The molecule has 1 aliphatic rings. The second-order valence-electron chi connectivity index (χ2n) is 6.50. The van der Waals surface area contributed by atoms with Crippen LogP contribution in [-0.2, 0) is 4.79 Å². The second-order valence-corrected chi connectivity index (χ2v) is 6.50. The van der Waals surface area contributed by atoms with Gasteiger partial charge in [0.2, 0.25) is 5.91 Å². The Kier molecular flexibility index (Phi) is 5.83. The van der Waals surface area contributed by atoms with Gasteiger partial charge in [-0.1, -0.05) is 18.6 Å². The van der Waals surface area contributed by atoms with Crippen molar-refractivity contribution in [1.82, 2.24) is 5.32 Å². The third-order valence-electron chi connectivity index (χ3n) is 4.41. The lowest BCUT2D eigenvalue weighted by molar-refractivity contribution is -0.126. The molecule has 1 fully saturated rings. The van der Waals surface area contributed by atoms with Crippen LogP contribution in [0.5, 0.6) is 5.75 Å². The summed E-state index contributed by atoms with van der Waals surface area (Å²) in [6.45, 7) is 6.63. The number of ether oxygens (including phenoxy) is 1. The number of benzene rings is 1. The molecule has 3 atom stereocenters. The van der Waals surface area contributed by atoms with Gasteiger partial charge in [0.15, 0.2) is 0 Å². The van der Waals surface area contributed by atoms with E-state index in [4.69, 9.17) is 10.5 Å². The molecule has 0 heterocycles. The molecule has 1 aromatic carbocycles. The molecule has 0 spiro atoms. The molecular weight excluding hydrogens is 276 g/mol. The van der Waals surface area contributed by atoms with Gasteiger partial charge in [-0.2, -0.15) is 0 Å². The number of amides is 1. The van der Waals surface area contributed by atoms with Crippen LogP contribution in [0, 0.1) is 11.8 Å². The molecule has 4 heteroatoms. The van der Waals surface area contributed by atoms with Crippen LogP contribution in [0.4, 0.5) is 0 Å². The lowest BCUT2D eigenvalue weighted by Crippen LogP contribution is -2.36. The molecule has 1 aromatic rings. The summed E-state index contributed by atoms with van der Waals surface area (Å²) in [5, 5.41) is 3.13. The molecule has 0 aliphatic heterocycles. The second kappa shape index (κ2) is 7.63. The van der Waals surface area contributed by atoms with E-state index in [1.807, 2.05) is 45.0 Å². The van der Waals surface area contributed by atoms with E-state index in [0.29, 0.717) is 12.5 Å². The van der Waals surface area contributed by atoms with Gasteiger partial charge in [0.05, 0.1) is 12.1 Å². The van der Waals surface area contributed by atoms with Crippen LogP contribution in [0.3, 0.4) is 0 Å². The Morgan fingerprint density at radius 1 is 1.27 bits per heavy atom. The Morgan fingerprint density at radius 3 is 2.55 bits per heavy atom. The first-order valence-electron chi connectivity index (χ1n) is 8.28. The van der Waals surface area contributed by atoms with E-state index < -0.39 is 0 Å². The SMILES string of the molecule is CC(C)Oc1ccc(C(C)NC(=O)[C@@H]2CCC[C@@H]2CN)cc1. The Morgan fingerprint density at radius 2 is 1.95 bits per heavy atom. The summed E-state index contributed by atoms with van der Waals surface area (Å²) in [6.07, 6.45) is 3.31. The maximum absolute atomic E-state index is 12.4. The van der Waals surface area contributed by atoms with Gasteiger partial charge in [-0.25, -0.2) is 0 Å². The van der Waals surface area contributed by atoms with E-state index in [0.717, 1.165) is 30.6 Å². The van der Waals surface area contributed by atoms with Crippen LogP contribution >= 0.6 is 0 Å². The highest BCUT2D eigenvalue weighted by atomic mass is 16.5. The number of rotatable bonds is 6. The Hall–Kier alpha value is -1.55. The van der Waals surface area contributed by atoms with Crippen molar-refractivity contribution in [2.75, 3.05) is 6.54 Å². The maximum atomic E-state index is 12.4. The van der Waals surface area contributed by atoms with Gasteiger partial charge in [0, 0.05) is 5.92 Å². The van der Waals surface area contributed by atoms with Gasteiger partial charge < -0.3 is 15.8 Å². The van der Waals surface area contributed by atoms with Crippen LogP contribution < -0.4 is 15.8 Å². The molecule has 0 bridgehead atoms. The van der Waals surface area contributed by atoms with Crippen molar-refractivity contribution in [2.45, 2.75) is 52.2 Å². The van der Waals surface area contributed by atoms with Crippen LogP contribution in [0.1, 0.15) is 51.6 Å². The number of nitrogens with two attached hydrogens (primary N) is 1. The predicted octanol–water partition coefficient (Wildman–Crippen LogP) is 3.03. The summed E-state index contributed by atoms with van der Waals surface area (Å²) < 4.78 is 5.64. The van der Waals surface area contributed by atoms with Crippen molar-refractivity contribution in [3.05, 3.63) is 29.8 Å². The van der Waals surface area contributed by atoms with Gasteiger partial charge in [0.25, 0.3) is 0 Å². The average Bonchev–Trinajstić information content (AvgIpc) is 2.95. The zero-order valence-corrected chi connectivity index (χ0v) is 13.8. The van der Waals surface area contributed by atoms with Gasteiger partial charge >= 0.3 is 0 Å². The quantitative estimate of drug-likeness (QED) is 0.849. The molecule has 0 saturated heterocycles. The number of nitrogens with one attached hydrogen (secondary N) is 1. The van der Waals surface area contributed by atoms with E-state index in [9.17, 15) is 4.79 Å². The first-order chi connectivity index (χ1) is 10.5. The molecular formula is C18H28N2O2. The van der Waals surface area contributed by atoms with E-state index in [2.05, 4.69) is 5.32 Å². The first kappa shape index (κ1) is 16.8. The van der Waals surface area contributed by atoms with E-state index in [-0.39, 0.29) is 24.0 Å². The standard InChI is InChI=1S/C18H28N2O2/c1-12(2)22-16-9-7-14(8-10-16)13(3)20-18(21)17-6-4-5-15(17)11-19/h7-10,12-13,15,17H,4-6,11,19H2,1-3H3,(H,20,21)/t13?,15-,17-/m1/s1. The van der Waals surface area contributed by atoms with Crippen LogP contribution in [-0.4, -0.2) is 18.6 Å². The number of hydrogen-bond acceptors (Lipinski definition) is 3. The Bertz CT molecular complexity index is 484. The maximum Gasteiger partial charge on any atom is 0.223 e. The lowest BCUT2D eigenvalue weighted by atomic mass is 9.94.